The third kappa shape index (κ3) is 4.68. The number of carbonyl (C=O) groups excluding carboxylic acids is 2. The highest BCUT2D eigenvalue weighted by atomic mass is 32.1. The van der Waals surface area contributed by atoms with Gasteiger partial charge >= 0.3 is 6.09 Å². The summed E-state index contributed by atoms with van der Waals surface area (Å²) in [7, 11) is 3.43. The molecule has 1 N–H and O–H groups in total. The maximum Gasteiger partial charge on any atom is 0.429 e. The van der Waals surface area contributed by atoms with Gasteiger partial charge in [0.25, 0.3) is 5.91 Å². The number of nitrogens with zero attached hydrogens (tertiary/aromatic N) is 3. The van der Waals surface area contributed by atoms with E-state index in [9.17, 15) is 14.8 Å². The van der Waals surface area contributed by atoms with Crippen LogP contribution >= 0.6 is 11.3 Å². The van der Waals surface area contributed by atoms with E-state index >= 15 is 0 Å². The van der Waals surface area contributed by atoms with Crippen molar-refractivity contribution in [2.75, 3.05) is 30.8 Å². The summed E-state index contributed by atoms with van der Waals surface area (Å²) in [5, 5.41) is 18.0. The number of anilines is 2. The van der Waals surface area contributed by atoms with E-state index in [1.165, 1.54) is 5.01 Å². The first kappa shape index (κ1) is 21.5. The molecule has 0 fully saturated rings. The second kappa shape index (κ2) is 9.53. The van der Waals surface area contributed by atoms with Crippen LogP contribution in [0.4, 0.5) is 16.2 Å². The van der Waals surface area contributed by atoms with Crippen LogP contribution in [0.3, 0.4) is 0 Å². The maximum absolute atomic E-state index is 12.8. The normalized spacial score (nSPS) is 10.7. The molecule has 0 unspecified atom stereocenters. The summed E-state index contributed by atoms with van der Waals surface area (Å²) in [6.07, 6.45) is -0.518. The molecule has 2 aromatic carbocycles. The molecule has 0 radical (unpaired) electrons. The van der Waals surface area contributed by atoms with Crippen LogP contribution in [-0.4, -0.2) is 42.9 Å². The highest BCUT2D eigenvalue weighted by Gasteiger charge is 2.21. The van der Waals surface area contributed by atoms with Gasteiger partial charge in [0.05, 0.1) is 18.0 Å². The zero-order chi connectivity index (χ0) is 21.7. The third-order valence-electron chi connectivity index (χ3n) is 4.34. The Morgan fingerprint density at radius 3 is 2.33 bits per heavy atom. The van der Waals surface area contributed by atoms with E-state index in [1.54, 1.807) is 79.8 Å². The molecule has 7 nitrogen and oxygen atoms in total. The van der Waals surface area contributed by atoms with Crippen LogP contribution in [0.15, 0.2) is 65.4 Å². The van der Waals surface area contributed by atoms with Crippen molar-refractivity contribution >= 4 is 34.7 Å². The summed E-state index contributed by atoms with van der Waals surface area (Å²) >= 11 is 1.58. The Kier molecular flexibility index (Phi) is 6.83. The smallest absolute Gasteiger partial charge is 0.429 e. The zero-order valence-electron chi connectivity index (χ0n) is 17.0. The van der Waals surface area contributed by atoms with Crippen molar-refractivity contribution in [2.45, 2.75) is 6.92 Å². The highest BCUT2D eigenvalue weighted by molar-refractivity contribution is 7.08. The molecule has 0 atom stereocenters. The van der Waals surface area contributed by atoms with Crippen molar-refractivity contribution in [3.8, 4) is 11.1 Å². The summed E-state index contributed by atoms with van der Waals surface area (Å²) in [5.74, 6) is -0.573. The summed E-state index contributed by atoms with van der Waals surface area (Å²) in [4.78, 5) is 24.9. The number of hydrazine groups is 1. The van der Waals surface area contributed by atoms with Crippen molar-refractivity contribution in [2.24, 2.45) is 0 Å². The Morgan fingerprint density at radius 1 is 1.00 bits per heavy atom. The number of hydrogen-bond donors (Lipinski definition) is 1. The maximum atomic E-state index is 12.8. The summed E-state index contributed by atoms with van der Waals surface area (Å²) in [6, 6.07) is 15.5. The Balaban J connectivity index is 1.80. The van der Waals surface area contributed by atoms with Crippen LogP contribution in [0, 0.1) is 0 Å². The van der Waals surface area contributed by atoms with E-state index in [1.807, 2.05) is 22.9 Å². The van der Waals surface area contributed by atoms with Crippen LogP contribution < -0.4 is 10.1 Å². The average Bonchev–Trinajstić information content (AvgIpc) is 3.28. The van der Waals surface area contributed by atoms with E-state index in [0.29, 0.717) is 16.4 Å². The fourth-order valence-corrected chi connectivity index (χ4v) is 3.58. The molecule has 0 spiro atoms. The van der Waals surface area contributed by atoms with Gasteiger partial charge in [-0.25, -0.2) is 14.8 Å². The molecule has 2 amide bonds. The van der Waals surface area contributed by atoms with Crippen LogP contribution in [0.1, 0.15) is 17.3 Å². The first-order valence-electron chi connectivity index (χ1n) is 9.32. The molecule has 8 heteroatoms. The van der Waals surface area contributed by atoms with Crippen molar-refractivity contribution in [1.82, 2.24) is 5.01 Å². The van der Waals surface area contributed by atoms with Gasteiger partial charge < -0.3 is 4.74 Å². The fraction of sp³-hybridized carbons (Fsp3) is 0.182. The quantitative estimate of drug-likeness (QED) is 0.450. The number of carbonyl (C=O) groups is 2. The van der Waals surface area contributed by atoms with Gasteiger partial charge in [0, 0.05) is 19.7 Å². The number of ether oxygens (including phenoxy) is 1. The van der Waals surface area contributed by atoms with Gasteiger partial charge in [-0.15, -0.1) is 0 Å². The van der Waals surface area contributed by atoms with E-state index in [2.05, 4.69) is 0 Å². The van der Waals surface area contributed by atoms with Gasteiger partial charge in [-0.05, 0) is 71.3 Å². The third-order valence-corrected chi connectivity index (χ3v) is 5.02. The average molecular weight is 426 g/mol. The number of amides is 2. The van der Waals surface area contributed by atoms with Crippen LogP contribution in [-0.2, 0) is 4.74 Å². The lowest BCUT2D eigenvalue weighted by atomic mass is 10.1. The minimum atomic E-state index is -0.573. The van der Waals surface area contributed by atoms with E-state index in [4.69, 9.17) is 4.74 Å². The predicted molar refractivity (Wildman–Crippen MR) is 118 cm³/mol. The molecule has 156 valence electrons. The van der Waals surface area contributed by atoms with Crippen molar-refractivity contribution in [1.29, 1.82) is 0 Å². The Bertz CT molecular complexity index is 1000. The van der Waals surface area contributed by atoms with Crippen LogP contribution in [0.2, 0.25) is 0 Å². The van der Waals surface area contributed by atoms with Gasteiger partial charge in [0.1, 0.15) is 0 Å². The van der Waals surface area contributed by atoms with Gasteiger partial charge in [-0.3, -0.25) is 10.0 Å². The topological polar surface area (TPSA) is 73.3 Å². The Morgan fingerprint density at radius 2 is 1.73 bits per heavy atom. The molecule has 1 heterocycles. The highest BCUT2D eigenvalue weighted by Crippen LogP contribution is 2.27. The standard InChI is InChI=1S/C22H23N3O4S/c1-4-29-22(27)24(23(2)3)19-10-8-16(9-11-19)21(26)25(28)20-7-5-6-17(14-20)18-12-13-30-15-18/h5-15,28H,4H2,1-3H3. The van der Waals surface area contributed by atoms with Crippen molar-refractivity contribution < 1.29 is 19.5 Å². The monoisotopic (exact) mass is 425 g/mol. The van der Waals surface area contributed by atoms with Gasteiger partial charge in [0.15, 0.2) is 0 Å². The second-order valence-electron chi connectivity index (χ2n) is 6.58. The molecule has 0 bridgehead atoms. The first-order valence-corrected chi connectivity index (χ1v) is 10.3. The predicted octanol–water partition coefficient (Wildman–Crippen LogP) is 4.89. The van der Waals surface area contributed by atoms with Crippen molar-refractivity contribution in [3.63, 3.8) is 0 Å². The van der Waals surface area contributed by atoms with Crippen molar-refractivity contribution in [3.05, 3.63) is 70.9 Å². The SMILES string of the molecule is CCOC(=O)N(c1ccc(C(=O)N(O)c2cccc(-c3ccsc3)c2)cc1)N(C)C. The summed E-state index contributed by atoms with van der Waals surface area (Å²) < 4.78 is 5.07. The largest absolute Gasteiger partial charge is 0.448 e. The number of hydrogen-bond acceptors (Lipinski definition) is 6. The van der Waals surface area contributed by atoms with Gasteiger partial charge in [-0.2, -0.15) is 16.4 Å². The Hall–Kier alpha value is -3.20. The van der Waals surface area contributed by atoms with E-state index < -0.39 is 12.0 Å². The van der Waals surface area contributed by atoms with Crippen LogP contribution in [0.25, 0.3) is 11.1 Å². The summed E-state index contributed by atoms with van der Waals surface area (Å²) in [6.45, 7) is 1.99. The van der Waals surface area contributed by atoms with E-state index in [-0.39, 0.29) is 12.2 Å². The molecular formula is C22H23N3O4S. The molecule has 3 aromatic rings. The number of thiophene rings is 1. The summed E-state index contributed by atoms with van der Waals surface area (Å²) in [5.41, 5.74) is 3.12. The lowest BCUT2D eigenvalue weighted by molar-refractivity contribution is 0.0855. The number of hydroxylamine groups is 1. The fourth-order valence-electron chi connectivity index (χ4n) is 2.91. The number of benzene rings is 2. The molecule has 3 rings (SSSR count). The van der Waals surface area contributed by atoms with Crippen LogP contribution in [0.5, 0.6) is 0 Å². The van der Waals surface area contributed by atoms with E-state index in [0.717, 1.165) is 11.1 Å². The molecule has 0 aliphatic carbocycles. The minimum Gasteiger partial charge on any atom is -0.448 e. The first-order chi connectivity index (χ1) is 14.4. The molecule has 1 aromatic heterocycles. The van der Waals surface area contributed by atoms with Gasteiger partial charge in [-0.1, -0.05) is 12.1 Å². The Labute approximate surface area is 179 Å². The molecular weight excluding hydrogens is 402 g/mol. The lowest BCUT2D eigenvalue weighted by Crippen LogP contribution is -2.42. The van der Waals surface area contributed by atoms with Gasteiger partial charge in [0.2, 0.25) is 0 Å². The lowest BCUT2D eigenvalue weighted by Gasteiger charge is -2.27. The molecule has 0 aliphatic rings. The molecule has 0 aliphatic heterocycles. The molecule has 0 saturated carbocycles. The second-order valence-corrected chi connectivity index (χ2v) is 7.36. The minimum absolute atomic E-state index is 0.254. The zero-order valence-corrected chi connectivity index (χ0v) is 17.8. The molecule has 0 saturated heterocycles. The number of rotatable bonds is 6. The molecule has 30 heavy (non-hydrogen) atoms.